The van der Waals surface area contributed by atoms with Crippen LogP contribution in [0, 0.1) is 5.16 Å². The highest BCUT2D eigenvalue weighted by atomic mass is 31.2. The average molecular weight is 177 g/mol. The van der Waals surface area contributed by atoms with E-state index in [-0.39, 0.29) is 0 Å². The third kappa shape index (κ3) is 4.57. The minimum absolute atomic E-state index is 0.891. The highest BCUT2D eigenvalue weighted by Gasteiger charge is 2.09. The van der Waals surface area contributed by atoms with Gasteiger partial charge >= 0.3 is 0 Å². The second kappa shape index (κ2) is 5.76. The predicted molar refractivity (Wildman–Crippen MR) is 52.2 cm³/mol. The molecule has 0 aromatic carbocycles. The number of hydrogen-bond donors (Lipinski definition) is 3. The van der Waals surface area contributed by atoms with Crippen molar-refractivity contribution in [1.29, 1.82) is 5.16 Å². The van der Waals surface area contributed by atoms with E-state index in [9.17, 15) is 0 Å². The molecule has 0 aromatic heterocycles. The van der Waals surface area contributed by atoms with Crippen molar-refractivity contribution < 1.29 is 0 Å². The van der Waals surface area contributed by atoms with Gasteiger partial charge in [0.05, 0.1) is 7.36 Å². The van der Waals surface area contributed by atoms with E-state index in [4.69, 9.17) is 5.16 Å². The molecule has 0 bridgehead atoms. The molecule has 0 amide bonds. The zero-order valence-electron chi connectivity index (χ0n) is 7.78. The molecular formula is C7H20N3P. The van der Waals surface area contributed by atoms with Crippen molar-refractivity contribution in [2.45, 2.75) is 27.2 Å². The van der Waals surface area contributed by atoms with Crippen LogP contribution in [0.5, 0.6) is 0 Å². The SMILES string of the molecule is CCCNP(=N)(CC)NCC. The van der Waals surface area contributed by atoms with Gasteiger partial charge in [-0.3, -0.25) is 15.3 Å². The van der Waals surface area contributed by atoms with Crippen molar-refractivity contribution in [3.05, 3.63) is 0 Å². The lowest BCUT2D eigenvalue weighted by Gasteiger charge is -2.22. The minimum Gasteiger partial charge on any atom is -0.290 e. The van der Waals surface area contributed by atoms with E-state index in [0.29, 0.717) is 0 Å². The molecule has 68 valence electrons. The van der Waals surface area contributed by atoms with Crippen molar-refractivity contribution in [3.8, 4) is 0 Å². The molecule has 0 aliphatic carbocycles. The number of rotatable bonds is 6. The normalized spacial score (nSPS) is 16.3. The van der Waals surface area contributed by atoms with Crippen LogP contribution in [0.4, 0.5) is 0 Å². The molecule has 0 heterocycles. The summed E-state index contributed by atoms with van der Waals surface area (Å²) in [6.45, 7) is 8.08. The molecule has 0 saturated heterocycles. The van der Waals surface area contributed by atoms with Gasteiger partial charge in [0, 0.05) is 12.7 Å². The lowest BCUT2D eigenvalue weighted by atomic mass is 10.5. The Morgan fingerprint density at radius 1 is 1.18 bits per heavy atom. The van der Waals surface area contributed by atoms with Gasteiger partial charge in [0.25, 0.3) is 0 Å². The van der Waals surface area contributed by atoms with Gasteiger partial charge in [-0.05, 0) is 13.0 Å². The predicted octanol–water partition coefficient (Wildman–Crippen LogP) is 2.23. The van der Waals surface area contributed by atoms with E-state index in [0.717, 1.165) is 25.7 Å². The van der Waals surface area contributed by atoms with Crippen LogP contribution in [0.1, 0.15) is 27.2 Å². The van der Waals surface area contributed by atoms with Crippen LogP contribution in [0.3, 0.4) is 0 Å². The summed E-state index contributed by atoms with van der Waals surface area (Å²) < 4.78 is 0. The third-order valence-corrected chi connectivity index (χ3v) is 4.10. The van der Waals surface area contributed by atoms with Gasteiger partial charge in [0.2, 0.25) is 0 Å². The average Bonchev–Trinajstić information content (AvgIpc) is 2.02. The first-order valence-electron chi connectivity index (χ1n) is 4.32. The second-order valence-corrected chi connectivity index (χ2v) is 5.43. The van der Waals surface area contributed by atoms with Gasteiger partial charge in [0.15, 0.2) is 0 Å². The molecule has 0 radical (unpaired) electrons. The van der Waals surface area contributed by atoms with E-state index in [1.54, 1.807) is 0 Å². The number of nitrogens with one attached hydrogen (secondary N) is 3. The molecule has 0 fully saturated rings. The van der Waals surface area contributed by atoms with E-state index < -0.39 is 7.36 Å². The zero-order valence-corrected chi connectivity index (χ0v) is 8.67. The molecule has 3 nitrogen and oxygen atoms in total. The summed E-state index contributed by atoms with van der Waals surface area (Å²) in [6.07, 6.45) is 2.01. The molecule has 11 heavy (non-hydrogen) atoms. The van der Waals surface area contributed by atoms with Crippen LogP contribution < -0.4 is 10.2 Å². The van der Waals surface area contributed by atoms with Crippen molar-refractivity contribution >= 4 is 7.36 Å². The van der Waals surface area contributed by atoms with E-state index >= 15 is 0 Å². The van der Waals surface area contributed by atoms with Gasteiger partial charge < -0.3 is 0 Å². The van der Waals surface area contributed by atoms with Gasteiger partial charge in [-0.1, -0.05) is 20.8 Å². The molecule has 0 spiro atoms. The molecule has 1 atom stereocenters. The molecule has 0 rings (SSSR count). The maximum absolute atomic E-state index is 7.96. The molecule has 4 heteroatoms. The fourth-order valence-corrected chi connectivity index (χ4v) is 2.56. The quantitative estimate of drug-likeness (QED) is 0.545. The highest BCUT2D eigenvalue weighted by molar-refractivity contribution is 7.60. The minimum atomic E-state index is -1.72. The van der Waals surface area contributed by atoms with Crippen LogP contribution in [-0.2, 0) is 0 Å². The lowest BCUT2D eigenvalue weighted by molar-refractivity contribution is 0.834. The smallest absolute Gasteiger partial charge is 0.0882 e. The molecule has 0 aliphatic heterocycles. The maximum atomic E-state index is 7.96. The van der Waals surface area contributed by atoms with Gasteiger partial charge in [-0.15, -0.1) is 0 Å². The van der Waals surface area contributed by atoms with E-state index in [1.807, 2.05) is 6.92 Å². The molecule has 3 N–H and O–H groups in total. The Balaban J connectivity index is 3.79. The van der Waals surface area contributed by atoms with Crippen LogP contribution in [0.25, 0.3) is 0 Å². The Hall–Kier alpha value is 0.150. The Morgan fingerprint density at radius 3 is 2.18 bits per heavy atom. The van der Waals surface area contributed by atoms with Crippen LogP contribution in [0.15, 0.2) is 0 Å². The molecule has 0 aromatic rings. The summed E-state index contributed by atoms with van der Waals surface area (Å²) in [5.74, 6) is 0. The Kier molecular flexibility index (Phi) is 5.83. The lowest BCUT2D eigenvalue weighted by Crippen LogP contribution is -2.23. The fraction of sp³-hybridized carbons (Fsp3) is 1.00. The Bertz CT molecular complexity index is 136. The molecule has 1 unspecified atom stereocenters. The van der Waals surface area contributed by atoms with Crippen molar-refractivity contribution in [3.63, 3.8) is 0 Å². The zero-order chi connectivity index (χ0) is 8.74. The van der Waals surface area contributed by atoms with Crippen LogP contribution in [0.2, 0.25) is 0 Å². The second-order valence-electron chi connectivity index (χ2n) is 2.55. The van der Waals surface area contributed by atoms with E-state index in [1.165, 1.54) is 0 Å². The summed E-state index contributed by atoms with van der Waals surface area (Å²) in [4.78, 5) is 0. The van der Waals surface area contributed by atoms with E-state index in [2.05, 4.69) is 24.0 Å². The van der Waals surface area contributed by atoms with Crippen LogP contribution in [-0.4, -0.2) is 19.3 Å². The van der Waals surface area contributed by atoms with Gasteiger partial charge in [-0.2, -0.15) is 0 Å². The summed E-state index contributed by atoms with van der Waals surface area (Å²) in [7, 11) is -1.72. The number of hydrogen-bond acceptors (Lipinski definition) is 1. The van der Waals surface area contributed by atoms with Gasteiger partial charge in [0.1, 0.15) is 0 Å². The first-order valence-corrected chi connectivity index (χ1v) is 6.29. The van der Waals surface area contributed by atoms with Crippen molar-refractivity contribution in [2.24, 2.45) is 0 Å². The Morgan fingerprint density at radius 2 is 1.82 bits per heavy atom. The van der Waals surface area contributed by atoms with Crippen molar-refractivity contribution in [1.82, 2.24) is 10.2 Å². The van der Waals surface area contributed by atoms with Crippen LogP contribution >= 0.6 is 7.36 Å². The Labute approximate surface area is 69.9 Å². The summed E-state index contributed by atoms with van der Waals surface area (Å²) in [5.41, 5.74) is 0. The standard InChI is InChI=1S/C7H20N3P/c1-4-7-10-11(8,6-3)9-5-2/h4-7H2,1-3H3,(H3,8,9,10). The molecular weight excluding hydrogens is 157 g/mol. The van der Waals surface area contributed by atoms with Gasteiger partial charge in [-0.25, -0.2) is 0 Å². The summed E-state index contributed by atoms with van der Waals surface area (Å²) in [5, 5.41) is 14.4. The fourth-order valence-electron chi connectivity index (χ4n) is 0.852. The highest BCUT2D eigenvalue weighted by Crippen LogP contribution is 2.35. The molecule has 0 aliphatic rings. The topological polar surface area (TPSA) is 47.9 Å². The molecule has 0 saturated carbocycles. The summed E-state index contributed by atoms with van der Waals surface area (Å²) in [6, 6.07) is 0. The summed E-state index contributed by atoms with van der Waals surface area (Å²) >= 11 is 0. The maximum Gasteiger partial charge on any atom is 0.0882 e. The van der Waals surface area contributed by atoms with Crippen molar-refractivity contribution in [2.75, 3.05) is 19.3 Å². The monoisotopic (exact) mass is 177 g/mol. The first-order chi connectivity index (χ1) is 5.18. The first kappa shape index (κ1) is 11.2. The third-order valence-electron chi connectivity index (χ3n) is 1.53. The largest absolute Gasteiger partial charge is 0.290 e.